The summed E-state index contributed by atoms with van der Waals surface area (Å²) < 4.78 is 2.99. The van der Waals surface area contributed by atoms with Gasteiger partial charge in [0.15, 0.2) is 5.16 Å². The van der Waals surface area contributed by atoms with Gasteiger partial charge < -0.3 is 9.88 Å². The number of anilines is 1. The van der Waals surface area contributed by atoms with Crippen LogP contribution in [0, 0.1) is 0 Å². The van der Waals surface area contributed by atoms with Gasteiger partial charge in [-0.05, 0) is 47.1 Å². The van der Waals surface area contributed by atoms with Crippen LogP contribution in [0.3, 0.4) is 0 Å². The van der Waals surface area contributed by atoms with Crippen molar-refractivity contribution in [1.29, 1.82) is 0 Å². The molecule has 3 rings (SSSR count). The van der Waals surface area contributed by atoms with E-state index in [1.807, 2.05) is 30.3 Å². The fraction of sp³-hybridized carbons (Fsp3) is 0.188. The summed E-state index contributed by atoms with van der Waals surface area (Å²) in [5.41, 5.74) is 2.04. The van der Waals surface area contributed by atoms with Crippen LogP contribution in [0.2, 0.25) is 0 Å². The monoisotopic (exact) mass is 390 g/mol. The lowest BCUT2D eigenvalue weighted by molar-refractivity contribution is -0.113. The second kappa shape index (κ2) is 7.14. The van der Waals surface area contributed by atoms with Gasteiger partial charge in [0.05, 0.1) is 16.8 Å². The molecule has 23 heavy (non-hydrogen) atoms. The fourth-order valence-electron chi connectivity index (χ4n) is 2.23. The molecular weight excluding hydrogens is 376 g/mol. The molecule has 7 heteroatoms. The van der Waals surface area contributed by atoms with E-state index in [0.717, 1.165) is 27.2 Å². The lowest BCUT2D eigenvalue weighted by atomic mass is 10.3. The third-order valence-corrected chi connectivity index (χ3v) is 4.71. The minimum atomic E-state index is -0.0977. The van der Waals surface area contributed by atoms with Crippen molar-refractivity contribution in [3.05, 3.63) is 47.1 Å². The normalized spacial score (nSPS) is 10.9. The molecule has 2 heterocycles. The maximum absolute atomic E-state index is 12.1. The molecule has 1 aromatic carbocycles. The smallest absolute Gasteiger partial charge is 0.236 e. The number of aryl methyl sites for hydroxylation is 1. The average molecular weight is 391 g/mol. The molecule has 0 bridgehead atoms. The van der Waals surface area contributed by atoms with Gasteiger partial charge in [-0.25, -0.2) is 9.97 Å². The summed E-state index contributed by atoms with van der Waals surface area (Å²) in [7, 11) is 0. The van der Waals surface area contributed by atoms with Crippen LogP contribution in [0.4, 0.5) is 5.82 Å². The number of rotatable bonds is 5. The summed E-state index contributed by atoms with van der Waals surface area (Å²) in [6, 6.07) is 11.6. The molecule has 0 spiro atoms. The van der Waals surface area contributed by atoms with E-state index in [2.05, 4.69) is 42.7 Å². The highest BCUT2D eigenvalue weighted by molar-refractivity contribution is 9.10. The number of carbonyl (C=O) groups is 1. The van der Waals surface area contributed by atoms with Crippen molar-refractivity contribution in [2.75, 3.05) is 11.1 Å². The molecule has 0 unspecified atom stereocenters. The van der Waals surface area contributed by atoms with Crippen LogP contribution in [0.5, 0.6) is 0 Å². The van der Waals surface area contributed by atoms with Crippen molar-refractivity contribution < 1.29 is 4.79 Å². The van der Waals surface area contributed by atoms with E-state index in [0.29, 0.717) is 11.6 Å². The molecule has 3 aromatic rings. The predicted molar refractivity (Wildman–Crippen MR) is 96.7 cm³/mol. The number of imidazole rings is 1. The molecule has 2 aromatic heterocycles. The van der Waals surface area contributed by atoms with Gasteiger partial charge in [-0.15, -0.1) is 0 Å². The zero-order valence-electron chi connectivity index (χ0n) is 12.5. The van der Waals surface area contributed by atoms with Crippen molar-refractivity contribution in [2.24, 2.45) is 0 Å². The highest BCUT2D eigenvalue weighted by atomic mass is 79.9. The van der Waals surface area contributed by atoms with Gasteiger partial charge in [-0.2, -0.15) is 0 Å². The van der Waals surface area contributed by atoms with Gasteiger partial charge >= 0.3 is 0 Å². The standard InChI is InChI=1S/C16H15BrN4OS/c1-2-21-13-6-4-3-5-12(13)19-16(21)23-10-15(22)20-14-8-7-11(17)9-18-14/h3-9H,2,10H2,1H3,(H,18,20,22). The van der Waals surface area contributed by atoms with E-state index in [-0.39, 0.29) is 5.91 Å². The molecular formula is C16H15BrN4OS. The fourth-order valence-corrected chi connectivity index (χ4v) is 3.34. The third kappa shape index (κ3) is 3.73. The molecule has 5 nitrogen and oxygen atoms in total. The molecule has 0 radical (unpaired) electrons. The molecule has 0 aliphatic carbocycles. The molecule has 0 fully saturated rings. The van der Waals surface area contributed by atoms with E-state index >= 15 is 0 Å². The van der Waals surface area contributed by atoms with Gasteiger partial charge in [0.1, 0.15) is 5.82 Å². The van der Waals surface area contributed by atoms with Crippen molar-refractivity contribution in [3.63, 3.8) is 0 Å². The Hall–Kier alpha value is -1.86. The van der Waals surface area contributed by atoms with Gasteiger partial charge in [0, 0.05) is 17.2 Å². The summed E-state index contributed by atoms with van der Waals surface area (Å²) in [6.45, 7) is 2.89. The number of amides is 1. The number of hydrogen-bond acceptors (Lipinski definition) is 4. The number of halogens is 1. The number of nitrogens with one attached hydrogen (secondary N) is 1. The van der Waals surface area contributed by atoms with E-state index in [1.165, 1.54) is 11.8 Å². The first kappa shape index (κ1) is 16.0. The first-order valence-electron chi connectivity index (χ1n) is 7.17. The number of carbonyl (C=O) groups excluding carboxylic acids is 1. The van der Waals surface area contributed by atoms with Crippen LogP contribution in [-0.4, -0.2) is 26.2 Å². The SMILES string of the molecule is CCn1c(SCC(=O)Nc2ccc(Br)cn2)nc2ccccc21. The van der Waals surface area contributed by atoms with Crippen LogP contribution in [-0.2, 0) is 11.3 Å². The number of hydrogen-bond donors (Lipinski definition) is 1. The highest BCUT2D eigenvalue weighted by Gasteiger charge is 2.12. The summed E-state index contributed by atoms with van der Waals surface area (Å²) >= 11 is 4.75. The highest BCUT2D eigenvalue weighted by Crippen LogP contribution is 2.24. The maximum atomic E-state index is 12.1. The van der Waals surface area contributed by atoms with Crippen molar-refractivity contribution >= 4 is 50.5 Å². The molecule has 0 aliphatic heterocycles. The van der Waals surface area contributed by atoms with E-state index in [9.17, 15) is 4.79 Å². The third-order valence-electron chi connectivity index (χ3n) is 3.26. The topological polar surface area (TPSA) is 59.8 Å². The second-order valence-electron chi connectivity index (χ2n) is 4.83. The van der Waals surface area contributed by atoms with Crippen molar-refractivity contribution in [1.82, 2.24) is 14.5 Å². The molecule has 1 N–H and O–H groups in total. The zero-order chi connectivity index (χ0) is 16.2. The molecule has 0 atom stereocenters. The average Bonchev–Trinajstić information content (AvgIpc) is 2.92. The van der Waals surface area contributed by atoms with Crippen LogP contribution in [0.25, 0.3) is 11.0 Å². The van der Waals surface area contributed by atoms with E-state index in [4.69, 9.17) is 0 Å². The quantitative estimate of drug-likeness (QED) is 0.670. The largest absolute Gasteiger partial charge is 0.319 e. The van der Waals surface area contributed by atoms with Crippen LogP contribution >= 0.6 is 27.7 Å². The number of thioether (sulfide) groups is 1. The lowest BCUT2D eigenvalue weighted by Crippen LogP contribution is -2.15. The Morgan fingerprint density at radius 2 is 2.13 bits per heavy atom. The molecule has 0 saturated heterocycles. The summed E-state index contributed by atoms with van der Waals surface area (Å²) in [6.07, 6.45) is 1.65. The Balaban J connectivity index is 1.68. The zero-order valence-corrected chi connectivity index (χ0v) is 14.9. The Bertz CT molecular complexity index is 832. The Morgan fingerprint density at radius 1 is 1.30 bits per heavy atom. The molecule has 118 valence electrons. The number of fused-ring (bicyclic) bond motifs is 1. The maximum Gasteiger partial charge on any atom is 0.236 e. The van der Waals surface area contributed by atoms with Crippen molar-refractivity contribution in [3.8, 4) is 0 Å². The predicted octanol–water partition coefficient (Wildman–Crippen LogP) is 3.94. The Labute approximate surface area is 146 Å². The number of para-hydroxylation sites is 2. The second-order valence-corrected chi connectivity index (χ2v) is 6.68. The van der Waals surface area contributed by atoms with E-state index in [1.54, 1.807) is 12.3 Å². The Morgan fingerprint density at radius 3 is 2.87 bits per heavy atom. The number of benzene rings is 1. The summed E-state index contributed by atoms with van der Waals surface area (Å²) in [4.78, 5) is 20.8. The minimum Gasteiger partial charge on any atom is -0.319 e. The van der Waals surface area contributed by atoms with Gasteiger partial charge in [-0.3, -0.25) is 4.79 Å². The van der Waals surface area contributed by atoms with Gasteiger partial charge in [-0.1, -0.05) is 23.9 Å². The van der Waals surface area contributed by atoms with Crippen LogP contribution in [0.1, 0.15) is 6.92 Å². The molecule has 0 aliphatic rings. The first-order valence-corrected chi connectivity index (χ1v) is 8.94. The molecule has 1 amide bonds. The summed E-state index contributed by atoms with van der Waals surface area (Å²) in [5, 5.41) is 3.64. The van der Waals surface area contributed by atoms with E-state index < -0.39 is 0 Å². The van der Waals surface area contributed by atoms with Gasteiger partial charge in [0.2, 0.25) is 5.91 Å². The summed E-state index contributed by atoms with van der Waals surface area (Å²) in [5.74, 6) is 0.739. The van der Waals surface area contributed by atoms with Gasteiger partial charge in [0.25, 0.3) is 0 Å². The van der Waals surface area contributed by atoms with Crippen LogP contribution in [0.15, 0.2) is 52.2 Å². The molecule has 0 saturated carbocycles. The Kier molecular flexibility index (Phi) is 4.97. The number of aromatic nitrogens is 3. The minimum absolute atomic E-state index is 0.0977. The lowest BCUT2D eigenvalue weighted by Gasteiger charge is -2.06. The number of nitrogens with zero attached hydrogens (tertiary/aromatic N) is 3. The van der Waals surface area contributed by atoms with Crippen LogP contribution < -0.4 is 5.32 Å². The van der Waals surface area contributed by atoms with Crippen molar-refractivity contribution in [2.45, 2.75) is 18.6 Å². The number of pyridine rings is 1. The first-order chi connectivity index (χ1) is 11.2.